The van der Waals surface area contributed by atoms with E-state index in [9.17, 15) is 0 Å². The fraction of sp³-hybridized carbons (Fsp3) is 0.526. The van der Waals surface area contributed by atoms with Crippen molar-refractivity contribution in [3.05, 3.63) is 35.4 Å². The molecule has 0 fully saturated rings. The average molecular weight is 284 g/mol. The molecule has 0 saturated carbocycles. The first-order chi connectivity index (χ1) is 10.2. The summed E-state index contributed by atoms with van der Waals surface area (Å²) in [4.78, 5) is 4.84. The normalized spacial score (nSPS) is 11.3. The van der Waals surface area contributed by atoms with E-state index in [1.807, 2.05) is 0 Å². The van der Waals surface area contributed by atoms with Crippen LogP contribution in [0.25, 0.3) is 10.9 Å². The van der Waals surface area contributed by atoms with Crippen LogP contribution in [-0.2, 0) is 6.42 Å². The van der Waals surface area contributed by atoms with Crippen LogP contribution >= 0.6 is 0 Å². The third-order valence-electron chi connectivity index (χ3n) is 3.89. The van der Waals surface area contributed by atoms with Crippen molar-refractivity contribution >= 4 is 16.7 Å². The lowest BCUT2D eigenvalue weighted by molar-refractivity contribution is 0.796. The summed E-state index contributed by atoms with van der Waals surface area (Å²) in [7, 11) is 0. The Hall–Kier alpha value is -1.57. The van der Waals surface area contributed by atoms with Crippen molar-refractivity contribution in [3.63, 3.8) is 0 Å². The van der Waals surface area contributed by atoms with Gasteiger partial charge in [0.1, 0.15) is 5.82 Å². The zero-order valence-electron chi connectivity index (χ0n) is 13.9. The zero-order chi connectivity index (χ0) is 15.2. The highest BCUT2D eigenvalue weighted by Crippen LogP contribution is 2.27. The van der Waals surface area contributed by atoms with E-state index >= 15 is 0 Å². The number of rotatable bonds is 7. The number of hydrogen-bond acceptors (Lipinski definition) is 2. The molecule has 0 atom stereocenters. The van der Waals surface area contributed by atoms with E-state index in [2.05, 4.69) is 57.3 Å². The van der Waals surface area contributed by atoms with Gasteiger partial charge in [-0.3, -0.25) is 0 Å². The average Bonchev–Trinajstić information content (AvgIpc) is 2.49. The SMILES string of the molecule is CCCCc1ccc2nc(NCCC)c(C(C)C)cc2c1. The Morgan fingerprint density at radius 1 is 1.10 bits per heavy atom. The Balaban J connectivity index is 2.40. The fourth-order valence-electron chi connectivity index (χ4n) is 2.60. The standard InChI is InChI=1S/C19H28N2/c1-5-7-8-15-9-10-18-16(12-15)13-17(14(3)4)19(21-18)20-11-6-2/h9-10,12-14H,5-8,11H2,1-4H3,(H,20,21). The number of fused-ring (bicyclic) bond motifs is 1. The molecule has 1 heterocycles. The van der Waals surface area contributed by atoms with Crippen LogP contribution in [0, 0.1) is 0 Å². The maximum atomic E-state index is 4.84. The number of anilines is 1. The van der Waals surface area contributed by atoms with Crippen LogP contribution in [0.3, 0.4) is 0 Å². The van der Waals surface area contributed by atoms with Crippen LogP contribution in [0.1, 0.15) is 64.0 Å². The van der Waals surface area contributed by atoms with Crippen molar-refractivity contribution in [1.82, 2.24) is 4.98 Å². The monoisotopic (exact) mass is 284 g/mol. The lowest BCUT2D eigenvalue weighted by Gasteiger charge is -2.15. The molecule has 2 nitrogen and oxygen atoms in total. The smallest absolute Gasteiger partial charge is 0.130 e. The fourth-order valence-corrected chi connectivity index (χ4v) is 2.60. The summed E-state index contributed by atoms with van der Waals surface area (Å²) in [5.41, 5.74) is 3.84. The Kier molecular flexibility index (Phi) is 5.60. The Morgan fingerprint density at radius 2 is 1.90 bits per heavy atom. The van der Waals surface area contributed by atoms with Crippen LogP contribution in [0.2, 0.25) is 0 Å². The molecule has 0 aliphatic carbocycles. The minimum atomic E-state index is 0.487. The Bertz CT molecular complexity index is 587. The van der Waals surface area contributed by atoms with E-state index < -0.39 is 0 Å². The maximum absolute atomic E-state index is 4.84. The zero-order valence-corrected chi connectivity index (χ0v) is 13.9. The largest absolute Gasteiger partial charge is 0.370 e. The number of hydrogen-bond donors (Lipinski definition) is 1. The van der Waals surface area contributed by atoms with E-state index in [1.165, 1.54) is 35.8 Å². The summed E-state index contributed by atoms with van der Waals surface area (Å²) in [5.74, 6) is 1.54. The Morgan fingerprint density at radius 3 is 2.57 bits per heavy atom. The molecule has 0 spiro atoms. The summed E-state index contributed by atoms with van der Waals surface area (Å²) >= 11 is 0. The van der Waals surface area contributed by atoms with Gasteiger partial charge in [0, 0.05) is 11.9 Å². The summed E-state index contributed by atoms with van der Waals surface area (Å²) in [6, 6.07) is 9.03. The molecule has 0 bridgehead atoms. The highest BCUT2D eigenvalue weighted by molar-refractivity contribution is 5.82. The van der Waals surface area contributed by atoms with E-state index in [4.69, 9.17) is 4.98 Å². The second-order valence-corrected chi connectivity index (χ2v) is 6.14. The molecule has 1 aromatic carbocycles. The van der Waals surface area contributed by atoms with Gasteiger partial charge < -0.3 is 5.32 Å². The van der Waals surface area contributed by atoms with Gasteiger partial charge in [-0.2, -0.15) is 0 Å². The number of benzene rings is 1. The molecule has 2 aromatic rings. The molecule has 1 aromatic heterocycles. The molecule has 114 valence electrons. The highest BCUT2D eigenvalue weighted by Gasteiger charge is 2.10. The third-order valence-corrected chi connectivity index (χ3v) is 3.89. The molecule has 0 aliphatic rings. The van der Waals surface area contributed by atoms with Gasteiger partial charge in [-0.1, -0.05) is 40.2 Å². The highest BCUT2D eigenvalue weighted by atomic mass is 15.0. The first-order valence-corrected chi connectivity index (χ1v) is 8.33. The molecule has 0 unspecified atom stereocenters. The molecule has 2 heteroatoms. The van der Waals surface area contributed by atoms with Crippen LogP contribution in [0.4, 0.5) is 5.82 Å². The van der Waals surface area contributed by atoms with E-state index in [0.29, 0.717) is 5.92 Å². The van der Waals surface area contributed by atoms with Gasteiger partial charge in [-0.25, -0.2) is 4.98 Å². The third kappa shape index (κ3) is 3.96. The molecule has 0 saturated heterocycles. The van der Waals surface area contributed by atoms with Gasteiger partial charge in [-0.05, 0) is 54.5 Å². The molecular formula is C19H28N2. The van der Waals surface area contributed by atoms with Gasteiger partial charge in [0.25, 0.3) is 0 Å². The van der Waals surface area contributed by atoms with Crippen molar-refractivity contribution in [2.45, 2.75) is 59.3 Å². The van der Waals surface area contributed by atoms with Crippen LogP contribution in [-0.4, -0.2) is 11.5 Å². The summed E-state index contributed by atoms with van der Waals surface area (Å²) in [6.07, 6.45) is 4.78. The first kappa shape index (κ1) is 15.8. The molecular weight excluding hydrogens is 256 g/mol. The Labute approximate surface area is 129 Å². The second-order valence-electron chi connectivity index (χ2n) is 6.14. The number of pyridine rings is 1. The number of unbranched alkanes of at least 4 members (excludes halogenated alkanes) is 1. The first-order valence-electron chi connectivity index (χ1n) is 8.33. The number of nitrogens with zero attached hydrogens (tertiary/aromatic N) is 1. The van der Waals surface area contributed by atoms with Crippen molar-refractivity contribution in [2.75, 3.05) is 11.9 Å². The van der Waals surface area contributed by atoms with Crippen LogP contribution in [0.15, 0.2) is 24.3 Å². The van der Waals surface area contributed by atoms with Crippen molar-refractivity contribution in [3.8, 4) is 0 Å². The van der Waals surface area contributed by atoms with Crippen molar-refractivity contribution in [1.29, 1.82) is 0 Å². The topological polar surface area (TPSA) is 24.9 Å². The van der Waals surface area contributed by atoms with Gasteiger partial charge in [0.05, 0.1) is 5.52 Å². The number of nitrogens with one attached hydrogen (secondary N) is 1. The van der Waals surface area contributed by atoms with Gasteiger partial charge >= 0.3 is 0 Å². The predicted octanol–water partition coefficient (Wildman–Crippen LogP) is 5.52. The van der Waals surface area contributed by atoms with E-state index in [1.54, 1.807) is 0 Å². The molecule has 0 radical (unpaired) electrons. The second kappa shape index (κ2) is 7.44. The van der Waals surface area contributed by atoms with Gasteiger partial charge in [-0.15, -0.1) is 0 Å². The lowest BCUT2D eigenvalue weighted by Crippen LogP contribution is -2.06. The van der Waals surface area contributed by atoms with Crippen molar-refractivity contribution in [2.24, 2.45) is 0 Å². The number of aryl methyl sites for hydroxylation is 1. The quantitative estimate of drug-likeness (QED) is 0.723. The minimum Gasteiger partial charge on any atom is -0.370 e. The van der Waals surface area contributed by atoms with Crippen LogP contribution < -0.4 is 5.32 Å². The summed E-state index contributed by atoms with van der Waals surface area (Å²) in [6.45, 7) is 9.88. The maximum Gasteiger partial charge on any atom is 0.130 e. The summed E-state index contributed by atoms with van der Waals surface area (Å²) < 4.78 is 0. The molecule has 0 aliphatic heterocycles. The summed E-state index contributed by atoms with van der Waals surface area (Å²) in [5, 5.41) is 4.75. The van der Waals surface area contributed by atoms with Crippen molar-refractivity contribution < 1.29 is 0 Å². The molecule has 1 N–H and O–H groups in total. The minimum absolute atomic E-state index is 0.487. The lowest BCUT2D eigenvalue weighted by atomic mass is 9.99. The molecule has 21 heavy (non-hydrogen) atoms. The molecule has 0 amide bonds. The molecule has 2 rings (SSSR count). The number of aromatic nitrogens is 1. The predicted molar refractivity (Wildman–Crippen MR) is 93.2 cm³/mol. The van der Waals surface area contributed by atoms with Gasteiger partial charge in [0.2, 0.25) is 0 Å². The van der Waals surface area contributed by atoms with Crippen LogP contribution in [0.5, 0.6) is 0 Å². The van der Waals surface area contributed by atoms with Gasteiger partial charge in [0.15, 0.2) is 0 Å². The van der Waals surface area contributed by atoms with E-state index in [0.717, 1.165) is 24.3 Å². The van der Waals surface area contributed by atoms with E-state index in [-0.39, 0.29) is 0 Å².